The van der Waals surface area contributed by atoms with Crippen LogP contribution in [0.25, 0.3) is 0 Å². The molecule has 1 saturated heterocycles. The maximum atomic E-state index is 7.31. The van der Waals surface area contributed by atoms with Crippen molar-refractivity contribution in [2.75, 3.05) is 6.61 Å². The second kappa shape index (κ2) is 1.12. The molecule has 1 heterocycles. The molecule has 0 spiro atoms. The highest BCUT2D eigenvalue weighted by atomic mass is 27.0. The van der Waals surface area contributed by atoms with Crippen LogP contribution in [-0.4, -0.2) is 28.8 Å². The lowest BCUT2D eigenvalue weighted by molar-refractivity contribution is 0.311. The summed E-state index contributed by atoms with van der Waals surface area (Å²) in [6.45, 7) is 0.836. The smallest absolute Gasteiger partial charge is 0.237 e. The molecule has 2 unspecified atom stereocenters. The van der Waals surface area contributed by atoms with E-state index in [1.165, 1.54) is 6.42 Å². The quantitative estimate of drug-likeness (QED) is 0.447. The summed E-state index contributed by atoms with van der Waals surface area (Å²) in [4.78, 5) is 0. The Kier molecular flexibility index (Phi) is 0.678. The molecule has 2 nitrogen and oxygen atoms in total. The molecule has 0 bridgehead atoms. The predicted octanol–water partition coefficient (Wildman–Crippen LogP) is -0.194. The van der Waals surface area contributed by atoms with Gasteiger partial charge in [0.15, 0.2) is 5.90 Å². The number of hydrogen-bond donors (Lipinski definition) is 1. The van der Waals surface area contributed by atoms with Gasteiger partial charge in [0.05, 0.1) is 6.61 Å². The van der Waals surface area contributed by atoms with Gasteiger partial charge in [0.1, 0.15) is 0 Å². The maximum Gasteiger partial charge on any atom is 0.237 e. The van der Waals surface area contributed by atoms with E-state index >= 15 is 0 Å². The van der Waals surface area contributed by atoms with E-state index in [-0.39, 0.29) is 0 Å². The van der Waals surface area contributed by atoms with Crippen molar-refractivity contribution >= 4 is 22.2 Å². The summed E-state index contributed by atoms with van der Waals surface area (Å²) in [5, 5.41) is 7.31. The molecule has 0 amide bonds. The molecule has 1 aliphatic carbocycles. The molecule has 0 aromatic carbocycles. The fourth-order valence-electron chi connectivity index (χ4n) is 1.32. The van der Waals surface area contributed by atoms with E-state index in [1.54, 1.807) is 0 Å². The van der Waals surface area contributed by atoms with Crippen LogP contribution in [0.4, 0.5) is 0 Å². The average molecular weight is 125 g/mol. The van der Waals surface area contributed by atoms with Crippen molar-refractivity contribution in [3.05, 3.63) is 0 Å². The topological polar surface area (TPSA) is 33.1 Å². The first-order chi connectivity index (χ1) is 3.73. The van der Waals surface area contributed by atoms with Gasteiger partial charge in [0, 0.05) is 0 Å². The minimum absolute atomic E-state index is 0.319. The Labute approximate surface area is 56.1 Å². The predicted molar refractivity (Wildman–Crippen MR) is 33.0 cm³/mol. The molecule has 42 valence electrons. The van der Waals surface area contributed by atoms with Crippen LogP contribution in [-0.2, 0) is 4.74 Å². The third-order valence-corrected chi connectivity index (χ3v) is 4.04. The van der Waals surface area contributed by atoms with Gasteiger partial charge < -0.3 is 4.74 Å². The number of nitrogens with one attached hydrogen (secondary N) is 1. The summed E-state index contributed by atoms with van der Waals surface area (Å²) in [5.74, 6) is 1.33. The number of fused-ring (bicyclic) bond motifs is 1. The van der Waals surface area contributed by atoms with Crippen LogP contribution in [0.5, 0.6) is 0 Å². The van der Waals surface area contributed by atoms with Crippen molar-refractivity contribution in [1.82, 2.24) is 0 Å². The molecule has 2 atom stereocenters. The first-order valence-electron chi connectivity index (χ1n) is 2.95. The normalized spacial score (nSPS) is 50.5. The number of hydrogen-bond acceptors (Lipinski definition) is 2. The Morgan fingerprint density at radius 3 is 2.75 bits per heavy atom. The van der Waals surface area contributed by atoms with Gasteiger partial charge in [-0.3, -0.25) is 5.41 Å². The lowest BCUT2D eigenvalue weighted by atomic mass is 10.3. The van der Waals surface area contributed by atoms with Crippen LogP contribution in [0.1, 0.15) is 6.42 Å². The van der Waals surface area contributed by atoms with E-state index in [2.05, 4.69) is 0 Å². The zero-order valence-corrected chi connectivity index (χ0v) is 6.90. The van der Waals surface area contributed by atoms with Crippen molar-refractivity contribution in [3.8, 4) is 0 Å². The van der Waals surface area contributed by atoms with Crippen LogP contribution in [0.3, 0.4) is 0 Å². The van der Waals surface area contributed by atoms with Gasteiger partial charge in [-0.05, 0) is 16.6 Å². The molecule has 1 N–H and O–H groups in total. The average Bonchev–Trinajstić information content (AvgIpc) is 2.31. The van der Waals surface area contributed by atoms with Crippen LogP contribution >= 0.6 is 0 Å². The Balaban J connectivity index is 2.31. The molecule has 1 aliphatic heterocycles. The van der Waals surface area contributed by atoms with E-state index in [0.717, 1.165) is 28.8 Å². The molecule has 8 heavy (non-hydrogen) atoms. The molecule has 2 rings (SSSR count). The highest BCUT2D eigenvalue weighted by molar-refractivity contribution is 6.31. The van der Waals surface area contributed by atoms with E-state index < -0.39 is 0 Å². The van der Waals surface area contributed by atoms with Crippen LogP contribution in [0.2, 0.25) is 4.28 Å². The van der Waals surface area contributed by atoms with Crippen LogP contribution in [0, 0.1) is 11.3 Å². The maximum absolute atomic E-state index is 7.31. The summed E-state index contributed by atoms with van der Waals surface area (Å²) in [6, 6.07) is 0. The number of rotatable bonds is 0. The summed E-state index contributed by atoms with van der Waals surface area (Å²) in [5.41, 5.74) is 0. The van der Waals surface area contributed by atoms with Gasteiger partial charge in [-0.1, -0.05) is 0 Å². The second-order valence-corrected chi connectivity index (χ2v) is 4.74. The fourth-order valence-corrected chi connectivity index (χ4v) is 2.13. The van der Waals surface area contributed by atoms with Crippen LogP contribution < -0.4 is 0 Å². The summed E-state index contributed by atoms with van der Waals surface area (Å²) in [6.07, 6.45) is 1.25. The van der Waals surface area contributed by atoms with Crippen molar-refractivity contribution in [3.63, 3.8) is 0 Å². The highest BCUT2D eigenvalue weighted by Gasteiger charge is 2.58. The summed E-state index contributed by atoms with van der Waals surface area (Å²) < 4.78 is 5.36. The Morgan fingerprint density at radius 1 is 1.88 bits per heavy atom. The Hall–Kier alpha value is 0.00247. The lowest BCUT2D eigenvalue weighted by Crippen LogP contribution is -2.05. The first kappa shape index (κ1) is 4.84. The molecule has 2 fully saturated rings. The SMILES string of the molecule is N=C1OCC2C[C]12[AlH2]. The highest BCUT2D eigenvalue weighted by Crippen LogP contribution is 2.61. The minimum Gasteiger partial charge on any atom is -0.482 e. The fraction of sp³-hybridized carbons (Fsp3) is 0.800. The summed E-state index contributed by atoms with van der Waals surface area (Å²) in [7, 11) is 0. The van der Waals surface area contributed by atoms with Crippen LogP contribution in [0.15, 0.2) is 0 Å². The monoisotopic (exact) mass is 125 g/mol. The third-order valence-electron chi connectivity index (χ3n) is 2.36. The summed E-state index contributed by atoms with van der Waals surface area (Å²) >= 11 is 1.12. The Morgan fingerprint density at radius 2 is 2.62 bits per heavy atom. The largest absolute Gasteiger partial charge is 0.482 e. The van der Waals surface area contributed by atoms with E-state index in [0.29, 0.717) is 10.2 Å². The van der Waals surface area contributed by atoms with Gasteiger partial charge in [0.2, 0.25) is 16.3 Å². The van der Waals surface area contributed by atoms with Gasteiger partial charge in [-0.25, -0.2) is 0 Å². The third kappa shape index (κ3) is 0.375. The van der Waals surface area contributed by atoms with Crippen molar-refractivity contribution in [1.29, 1.82) is 5.41 Å². The minimum atomic E-state index is 0.319. The van der Waals surface area contributed by atoms with E-state index in [9.17, 15) is 0 Å². The molecule has 2 aliphatic rings. The number of ether oxygens (including phenoxy) is 1. The van der Waals surface area contributed by atoms with Crippen molar-refractivity contribution in [2.24, 2.45) is 5.92 Å². The standard InChI is InChI=1S/C5H6NO.Al.2H/c6-5-4-1-3(4)2-7-5;;;/h3,6H,1-2H2;;;. The molecular weight excluding hydrogens is 117 g/mol. The lowest BCUT2D eigenvalue weighted by Gasteiger charge is -2.01. The zero-order chi connectivity index (χ0) is 5.78. The van der Waals surface area contributed by atoms with E-state index in [4.69, 9.17) is 10.1 Å². The zero-order valence-electron chi connectivity index (χ0n) is 4.90. The van der Waals surface area contributed by atoms with Gasteiger partial charge in [-0.2, -0.15) is 0 Å². The Bertz CT molecular complexity index is 157. The molecule has 0 aromatic heterocycles. The molecule has 0 radical (unpaired) electrons. The first-order valence-corrected chi connectivity index (χ1v) is 3.95. The molecule has 3 heteroatoms. The van der Waals surface area contributed by atoms with Gasteiger partial charge >= 0.3 is 0 Å². The van der Waals surface area contributed by atoms with Crippen molar-refractivity contribution in [2.45, 2.75) is 10.7 Å². The van der Waals surface area contributed by atoms with Crippen molar-refractivity contribution < 1.29 is 4.74 Å². The van der Waals surface area contributed by atoms with Gasteiger partial charge in [0.25, 0.3) is 0 Å². The molecule has 0 aromatic rings. The second-order valence-electron chi connectivity index (χ2n) is 2.96. The molecular formula is C5H8AlNO. The molecule has 1 saturated carbocycles. The van der Waals surface area contributed by atoms with Gasteiger partial charge in [-0.15, -0.1) is 0 Å². The van der Waals surface area contributed by atoms with E-state index in [1.807, 2.05) is 0 Å².